The molecule has 0 aliphatic carbocycles. The Morgan fingerprint density at radius 2 is 1.62 bits per heavy atom. The predicted molar refractivity (Wildman–Crippen MR) is 111 cm³/mol. The maximum Gasteiger partial charge on any atom is 0.273 e. The number of carbonyl (C=O) groups is 1. The monoisotopic (exact) mass is 386 g/mol. The van der Waals surface area contributed by atoms with Crippen LogP contribution in [-0.2, 0) is 0 Å². The van der Waals surface area contributed by atoms with E-state index in [1.165, 1.54) is 12.1 Å². The summed E-state index contributed by atoms with van der Waals surface area (Å²) in [6.45, 7) is 2.00. The molecular weight excluding hydrogens is 367 g/mol. The molecule has 1 aromatic heterocycles. The summed E-state index contributed by atoms with van der Waals surface area (Å²) in [5, 5.41) is 4.59. The molecule has 2 N–H and O–H groups in total. The second-order valence-corrected chi connectivity index (χ2v) is 6.62. The van der Waals surface area contributed by atoms with Gasteiger partial charge in [-0.2, -0.15) is 5.10 Å². The van der Waals surface area contributed by atoms with Crippen LogP contribution in [-0.4, -0.2) is 15.7 Å². The zero-order valence-electron chi connectivity index (χ0n) is 15.8. The van der Waals surface area contributed by atoms with Gasteiger partial charge in [0, 0.05) is 11.8 Å². The van der Waals surface area contributed by atoms with Crippen molar-refractivity contribution in [2.45, 2.75) is 6.92 Å². The minimum Gasteiger partial charge on any atom is -0.298 e. The quantitative estimate of drug-likeness (QED) is 0.487. The molecule has 0 spiro atoms. The maximum absolute atomic E-state index is 13.3. The summed E-state index contributed by atoms with van der Waals surface area (Å²) in [4.78, 5) is 12.9. The van der Waals surface area contributed by atoms with Crippen LogP contribution in [0.3, 0.4) is 0 Å². The second kappa shape index (κ2) is 7.98. The summed E-state index contributed by atoms with van der Waals surface area (Å²) in [5.41, 5.74) is 9.92. The molecular formula is C23H19FN4O. The number of nitrogens with zero attached hydrogens (tertiary/aromatic N) is 2. The summed E-state index contributed by atoms with van der Waals surface area (Å²) in [6.07, 6.45) is 1.64. The van der Waals surface area contributed by atoms with E-state index in [-0.39, 0.29) is 11.7 Å². The van der Waals surface area contributed by atoms with Crippen LogP contribution in [0.25, 0.3) is 16.9 Å². The van der Waals surface area contributed by atoms with E-state index < -0.39 is 0 Å². The third-order valence-electron chi connectivity index (χ3n) is 4.47. The molecule has 1 amide bonds. The van der Waals surface area contributed by atoms with Crippen LogP contribution >= 0.6 is 0 Å². The molecule has 0 bridgehead atoms. The van der Waals surface area contributed by atoms with Crippen molar-refractivity contribution >= 4 is 11.6 Å². The lowest BCUT2D eigenvalue weighted by molar-refractivity contribution is 0.0963. The van der Waals surface area contributed by atoms with Gasteiger partial charge in [-0.15, -0.1) is 0 Å². The van der Waals surface area contributed by atoms with Crippen LogP contribution in [0.5, 0.6) is 0 Å². The summed E-state index contributed by atoms with van der Waals surface area (Å²) < 4.78 is 14.9. The first kappa shape index (κ1) is 18.4. The lowest BCUT2D eigenvalue weighted by Crippen LogP contribution is -2.29. The molecule has 0 radical (unpaired) electrons. The standard InChI is InChI=1S/C23H19FN4O/c1-16-7-9-17(10-8-16)22-21(23(29)26-25-19-5-3-2-4-6-19)15-28(27-22)20-13-11-18(24)12-14-20/h2-15,25H,1H3,(H,26,29). The van der Waals surface area contributed by atoms with Crippen molar-refractivity contribution in [1.29, 1.82) is 0 Å². The molecule has 0 unspecified atom stereocenters. The lowest BCUT2D eigenvalue weighted by atomic mass is 10.1. The minimum absolute atomic E-state index is 0.321. The molecule has 4 aromatic rings. The fourth-order valence-corrected chi connectivity index (χ4v) is 2.91. The largest absolute Gasteiger partial charge is 0.298 e. The molecule has 29 heavy (non-hydrogen) atoms. The van der Waals surface area contributed by atoms with Crippen molar-refractivity contribution in [3.8, 4) is 16.9 Å². The number of benzene rings is 3. The fourth-order valence-electron chi connectivity index (χ4n) is 2.91. The molecule has 0 atom stereocenters. The molecule has 6 heteroatoms. The Morgan fingerprint density at radius 3 is 2.31 bits per heavy atom. The number of hydrazine groups is 1. The van der Waals surface area contributed by atoms with Crippen LogP contribution < -0.4 is 10.9 Å². The Bertz CT molecular complexity index is 1120. The van der Waals surface area contributed by atoms with Gasteiger partial charge in [0.1, 0.15) is 11.5 Å². The van der Waals surface area contributed by atoms with Gasteiger partial charge in [0.15, 0.2) is 0 Å². The number of carbonyl (C=O) groups excluding carboxylic acids is 1. The van der Waals surface area contributed by atoms with E-state index >= 15 is 0 Å². The first-order chi connectivity index (χ1) is 14.1. The van der Waals surface area contributed by atoms with Gasteiger partial charge in [-0.1, -0.05) is 48.0 Å². The Hall–Kier alpha value is -3.93. The SMILES string of the molecule is Cc1ccc(-c2nn(-c3ccc(F)cc3)cc2C(=O)NNc2ccccc2)cc1. The zero-order chi connectivity index (χ0) is 20.2. The van der Waals surface area contributed by atoms with Crippen molar-refractivity contribution in [2.24, 2.45) is 0 Å². The normalized spacial score (nSPS) is 10.6. The van der Waals surface area contributed by atoms with Crippen molar-refractivity contribution in [1.82, 2.24) is 15.2 Å². The van der Waals surface area contributed by atoms with E-state index in [0.29, 0.717) is 16.9 Å². The summed E-state index contributed by atoms with van der Waals surface area (Å²) >= 11 is 0. The number of amides is 1. The van der Waals surface area contributed by atoms with Crippen molar-refractivity contribution in [3.05, 3.63) is 102 Å². The molecule has 0 aliphatic heterocycles. The third-order valence-corrected chi connectivity index (χ3v) is 4.47. The topological polar surface area (TPSA) is 59.0 Å². The Balaban J connectivity index is 1.69. The molecule has 1 heterocycles. The Morgan fingerprint density at radius 1 is 0.931 bits per heavy atom. The van der Waals surface area contributed by atoms with Crippen LogP contribution in [0.1, 0.15) is 15.9 Å². The molecule has 4 rings (SSSR count). The van der Waals surface area contributed by atoms with Gasteiger partial charge in [-0.25, -0.2) is 9.07 Å². The molecule has 3 aromatic carbocycles. The van der Waals surface area contributed by atoms with Crippen molar-refractivity contribution in [2.75, 3.05) is 5.43 Å². The van der Waals surface area contributed by atoms with Crippen molar-refractivity contribution in [3.63, 3.8) is 0 Å². The molecule has 0 saturated heterocycles. The minimum atomic E-state index is -0.329. The van der Waals surface area contributed by atoms with Gasteiger partial charge in [-0.05, 0) is 43.3 Å². The van der Waals surface area contributed by atoms with E-state index in [1.807, 2.05) is 61.5 Å². The van der Waals surface area contributed by atoms with Gasteiger partial charge in [0.05, 0.1) is 16.9 Å². The highest BCUT2D eigenvalue weighted by molar-refractivity contribution is 6.00. The number of hydrogen-bond donors (Lipinski definition) is 2. The highest BCUT2D eigenvalue weighted by Crippen LogP contribution is 2.24. The summed E-state index contributed by atoms with van der Waals surface area (Å²) in [5.74, 6) is -0.650. The fraction of sp³-hybridized carbons (Fsp3) is 0.0435. The average molecular weight is 386 g/mol. The van der Waals surface area contributed by atoms with Gasteiger partial charge >= 0.3 is 0 Å². The zero-order valence-corrected chi connectivity index (χ0v) is 15.8. The number of hydrogen-bond acceptors (Lipinski definition) is 3. The first-order valence-corrected chi connectivity index (χ1v) is 9.14. The van der Waals surface area contributed by atoms with E-state index in [2.05, 4.69) is 16.0 Å². The van der Waals surface area contributed by atoms with Crippen LogP contribution in [0.2, 0.25) is 0 Å². The van der Waals surface area contributed by atoms with E-state index in [4.69, 9.17) is 0 Å². The summed E-state index contributed by atoms with van der Waals surface area (Å²) in [6, 6.07) is 23.1. The molecule has 5 nitrogen and oxygen atoms in total. The van der Waals surface area contributed by atoms with E-state index in [9.17, 15) is 9.18 Å². The second-order valence-electron chi connectivity index (χ2n) is 6.62. The van der Waals surface area contributed by atoms with E-state index in [0.717, 1.165) is 16.8 Å². The van der Waals surface area contributed by atoms with Crippen LogP contribution in [0.4, 0.5) is 10.1 Å². The molecule has 144 valence electrons. The number of anilines is 1. The van der Waals surface area contributed by atoms with Crippen LogP contribution in [0, 0.1) is 12.7 Å². The predicted octanol–water partition coefficient (Wildman–Crippen LogP) is 4.74. The molecule has 0 saturated carbocycles. The van der Waals surface area contributed by atoms with Crippen LogP contribution in [0.15, 0.2) is 85.1 Å². The molecule has 0 fully saturated rings. The lowest BCUT2D eigenvalue weighted by Gasteiger charge is -2.08. The number of para-hydroxylation sites is 1. The van der Waals surface area contributed by atoms with Crippen molar-refractivity contribution < 1.29 is 9.18 Å². The maximum atomic E-state index is 13.3. The molecule has 0 aliphatic rings. The highest BCUT2D eigenvalue weighted by atomic mass is 19.1. The number of aryl methyl sites for hydroxylation is 1. The number of aromatic nitrogens is 2. The summed E-state index contributed by atoms with van der Waals surface area (Å²) in [7, 11) is 0. The first-order valence-electron chi connectivity index (χ1n) is 9.14. The highest BCUT2D eigenvalue weighted by Gasteiger charge is 2.18. The van der Waals surface area contributed by atoms with Gasteiger partial charge in [0.2, 0.25) is 0 Å². The Labute approximate surface area is 167 Å². The van der Waals surface area contributed by atoms with Gasteiger partial charge < -0.3 is 0 Å². The average Bonchev–Trinajstić information content (AvgIpc) is 3.19. The van der Waals surface area contributed by atoms with Gasteiger partial charge in [-0.3, -0.25) is 15.6 Å². The van der Waals surface area contributed by atoms with Gasteiger partial charge in [0.25, 0.3) is 5.91 Å². The number of nitrogens with one attached hydrogen (secondary N) is 2. The third kappa shape index (κ3) is 4.16. The Kier molecular flexibility index (Phi) is 5.07. The smallest absolute Gasteiger partial charge is 0.273 e. The van der Waals surface area contributed by atoms with E-state index in [1.54, 1.807) is 23.0 Å². The number of rotatable bonds is 5. The number of halogens is 1.